The molecule has 1 spiro atoms. The van der Waals surface area contributed by atoms with Crippen LogP contribution in [-0.2, 0) is 16.2 Å². The van der Waals surface area contributed by atoms with Gasteiger partial charge in [-0.1, -0.05) is 54.0 Å². The van der Waals surface area contributed by atoms with Crippen molar-refractivity contribution in [2.45, 2.75) is 44.4 Å². The van der Waals surface area contributed by atoms with E-state index in [0.29, 0.717) is 20.1 Å². The van der Waals surface area contributed by atoms with Gasteiger partial charge in [0, 0.05) is 0 Å². The normalized spacial score (nSPS) is 25.4. The lowest BCUT2D eigenvalue weighted by molar-refractivity contribution is -0.264. The van der Waals surface area contributed by atoms with E-state index in [1.807, 2.05) is 42.3 Å². The summed E-state index contributed by atoms with van der Waals surface area (Å²) >= 11 is 6.16. The standard InChI is InChI=1S/C17H24ClN3O3/c1-2-20-12-23-13-21(24-11-14-6-4-3-5-7-14)17(8-9-17)10-15(20)16(18)19-22/h3-7,15,22H,2,8-13H2,1H3/b19-16-. The van der Waals surface area contributed by atoms with Gasteiger partial charge in [0.1, 0.15) is 13.5 Å². The Morgan fingerprint density at radius 1 is 1.38 bits per heavy atom. The first-order valence-corrected chi connectivity index (χ1v) is 8.70. The molecule has 132 valence electrons. The summed E-state index contributed by atoms with van der Waals surface area (Å²) < 4.78 is 5.81. The molecule has 1 atom stereocenters. The predicted molar refractivity (Wildman–Crippen MR) is 91.7 cm³/mol. The van der Waals surface area contributed by atoms with Crippen molar-refractivity contribution in [3.8, 4) is 0 Å². The van der Waals surface area contributed by atoms with E-state index in [4.69, 9.17) is 26.4 Å². The summed E-state index contributed by atoms with van der Waals surface area (Å²) in [4.78, 5) is 8.14. The van der Waals surface area contributed by atoms with E-state index in [-0.39, 0.29) is 16.8 Å². The summed E-state index contributed by atoms with van der Waals surface area (Å²) in [5, 5.41) is 14.5. The van der Waals surface area contributed by atoms with Gasteiger partial charge in [-0.2, -0.15) is 5.06 Å². The second-order valence-electron chi connectivity index (χ2n) is 6.37. The molecule has 1 aromatic rings. The van der Waals surface area contributed by atoms with Gasteiger partial charge in [0.2, 0.25) is 0 Å². The molecular weight excluding hydrogens is 330 g/mol. The third-order valence-corrected chi connectivity index (χ3v) is 5.17. The molecule has 2 fully saturated rings. The molecule has 1 saturated heterocycles. The Morgan fingerprint density at radius 3 is 2.75 bits per heavy atom. The van der Waals surface area contributed by atoms with Crippen LogP contribution in [0.5, 0.6) is 0 Å². The van der Waals surface area contributed by atoms with Gasteiger partial charge in [0.15, 0.2) is 5.17 Å². The third-order valence-electron chi connectivity index (χ3n) is 4.84. The minimum absolute atomic E-state index is 0.0991. The topological polar surface area (TPSA) is 57.5 Å². The SMILES string of the molecule is CCN1COCN(OCc2ccccc2)C2(CC2)CC1/C(Cl)=N/O. The van der Waals surface area contributed by atoms with Crippen molar-refractivity contribution in [1.82, 2.24) is 9.96 Å². The first-order valence-electron chi connectivity index (χ1n) is 8.32. The fraction of sp³-hybridized carbons (Fsp3) is 0.588. The molecule has 1 aliphatic carbocycles. The van der Waals surface area contributed by atoms with Crippen molar-refractivity contribution >= 4 is 16.8 Å². The van der Waals surface area contributed by atoms with Crippen LogP contribution in [0.4, 0.5) is 0 Å². The largest absolute Gasteiger partial charge is 0.410 e. The molecule has 3 rings (SSSR count). The maximum Gasteiger partial charge on any atom is 0.162 e. The molecule has 6 nitrogen and oxygen atoms in total. The summed E-state index contributed by atoms with van der Waals surface area (Å²) in [6.45, 7) is 4.17. The molecule has 0 bridgehead atoms. The summed E-state index contributed by atoms with van der Waals surface area (Å²) in [6, 6.07) is 9.92. The van der Waals surface area contributed by atoms with Gasteiger partial charge in [0.25, 0.3) is 0 Å². The fourth-order valence-electron chi connectivity index (χ4n) is 3.17. The maximum atomic E-state index is 9.11. The zero-order valence-corrected chi connectivity index (χ0v) is 14.7. The molecule has 1 aliphatic heterocycles. The van der Waals surface area contributed by atoms with E-state index in [2.05, 4.69) is 10.1 Å². The van der Waals surface area contributed by atoms with Gasteiger partial charge in [-0.3, -0.25) is 9.74 Å². The van der Waals surface area contributed by atoms with Crippen molar-refractivity contribution in [3.05, 3.63) is 35.9 Å². The average molecular weight is 354 g/mol. The number of nitrogens with zero attached hydrogens (tertiary/aromatic N) is 3. The Hall–Kier alpha value is -1.18. The molecule has 1 heterocycles. The minimum atomic E-state index is -0.160. The first kappa shape index (κ1) is 17.6. The lowest BCUT2D eigenvalue weighted by Crippen LogP contribution is -2.51. The second-order valence-corrected chi connectivity index (χ2v) is 6.76. The smallest absolute Gasteiger partial charge is 0.162 e. The molecule has 24 heavy (non-hydrogen) atoms. The van der Waals surface area contributed by atoms with E-state index in [9.17, 15) is 0 Å². The highest BCUT2D eigenvalue weighted by Gasteiger charge is 2.52. The van der Waals surface area contributed by atoms with Gasteiger partial charge in [-0.05, 0) is 31.4 Å². The summed E-state index contributed by atoms with van der Waals surface area (Å²) in [5.74, 6) is 0. The number of halogens is 1. The molecule has 1 N–H and O–H groups in total. The highest BCUT2D eigenvalue weighted by atomic mass is 35.5. The number of hydrogen-bond acceptors (Lipinski definition) is 6. The van der Waals surface area contributed by atoms with E-state index in [1.165, 1.54) is 0 Å². The van der Waals surface area contributed by atoms with Crippen molar-refractivity contribution in [2.24, 2.45) is 5.16 Å². The van der Waals surface area contributed by atoms with Crippen molar-refractivity contribution in [2.75, 3.05) is 20.0 Å². The van der Waals surface area contributed by atoms with Crippen LogP contribution in [0.2, 0.25) is 0 Å². The molecule has 1 unspecified atom stereocenters. The van der Waals surface area contributed by atoms with Crippen LogP contribution in [-0.4, -0.2) is 51.9 Å². The highest BCUT2D eigenvalue weighted by molar-refractivity contribution is 6.66. The molecule has 0 amide bonds. The number of benzene rings is 1. The Morgan fingerprint density at radius 2 is 2.12 bits per heavy atom. The van der Waals surface area contributed by atoms with E-state index in [1.54, 1.807) is 0 Å². The molecule has 7 heteroatoms. The van der Waals surface area contributed by atoms with Crippen LogP contribution in [0.1, 0.15) is 31.7 Å². The Kier molecular flexibility index (Phi) is 5.73. The lowest BCUT2D eigenvalue weighted by Gasteiger charge is -2.39. The van der Waals surface area contributed by atoms with Crippen LogP contribution in [0.25, 0.3) is 0 Å². The molecule has 1 saturated carbocycles. The predicted octanol–water partition coefficient (Wildman–Crippen LogP) is 3.01. The first-order chi connectivity index (χ1) is 11.7. The molecule has 0 radical (unpaired) electrons. The van der Waals surface area contributed by atoms with Crippen LogP contribution in [0.15, 0.2) is 35.5 Å². The fourth-order valence-corrected chi connectivity index (χ4v) is 3.39. The number of rotatable bonds is 5. The molecular formula is C17H24ClN3O3. The molecule has 2 aliphatic rings. The number of ether oxygens (including phenoxy) is 1. The third kappa shape index (κ3) is 3.90. The van der Waals surface area contributed by atoms with Gasteiger partial charge >= 0.3 is 0 Å². The van der Waals surface area contributed by atoms with Gasteiger partial charge in [0.05, 0.1) is 18.2 Å². The summed E-state index contributed by atoms with van der Waals surface area (Å²) in [6.07, 6.45) is 2.81. The summed E-state index contributed by atoms with van der Waals surface area (Å²) in [7, 11) is 0. The zero-order valence-electron chi connectivity index (χ0n) is 13.9. The van der Waals surface area contributed by atoms with E-state index < -0.39 is 0 Å². The zero-order chi connectivity index (χ0) is 17.0. The van der Waals surface area contributed by atoms with E-state index in [0.717, 1.165) is 31.4 Å². The maximum absolute atomic E-state index is 9.11. The van der Waals surface area contributed by atoms with E-state index >= 15 is 0 Å². The minimum Gasteiger partial charge on any atom is -0.410 e. The van der Waals surface area contributed by atoms with Crippen LogP contribution in [0, 0.1) is 0 Å². The van der Waals surface area contributed by atoms with Gasteiger partial charge < -0.3 is 9.94 Å². The van der Waals surface area contributed by atoms with Crippen molar-refractivity contribution < 1.29 is 14.8 Å². The van der Waals surface area contributed by atoms with Crippen LogP contribution < -0.4 is 0 Å². The van der Waals surface area contributed by atoms with Crippen LogP contribution >= 0.6 is 11.6 Å². The van der Waals surface area contributed by atoms with Crippen molar-refractivity contribution in [1.29, 1.82) is 0 Å². The monoisotopic (exact) mass is 353 g/mol. The number of oxime groups is 1. The Balaban J connectivity index is 1.70. The molecule has 0 aromatic heterocycles. The Bertz CT molecular complexity index is 565. The lowest BCUT2D eigenvalue weighted by atomic mass is 10.0. The van der Waals surface area contributed by atoms with Crippen molar-refractivity contribution in [3.63, 3.8) is 0 Å². The van der Waals surface area contributed by atoms with Gasteiger partial charge in [-0.15, -0.1) is 0 Å². The second kappa shape index (κ2) is 7.80. The number of hydrogen-bond donors (Lipinski definition) is 1. The quantitative estimate of drug-likeness (QED) is 0.501. The Labute approximate surface area is 147 Å². The van der Waals surface area contributed by atoms with Crippen LogP contribution in [0.3, 0.4) is 0 Å². The number of hydroxylamine groups is 2. The average Bonchev–Trinajstić information content (AvgIpc) is 3.39. The van der Waals surface area contributed by atoms with Gasteiger partial charge in [-0.25, -0.2) is 0 Å². The molecule has 1 aromatic carbocycles. The highest BCUT2D eigenvalue weighted by Crippen LogP contribution is 2.47. The summed E-state index contributed by atoms with van der Waals surface area (Å²) in [5.41, 5.74) is 1.02.